The average molecular weight is 367 g/mol. The quantitative estimate of drug-likeness (QED) is 0.491. The first-order chi connectivity index (χ1) is 12.7. The van der Waals surface area contributed by atoms with Crippen LogP contribution in [0.4, 0.5) is 0 Å². The van der Waals surface area contributed by atoms with Gasteiger partial charge in [0.05, 0.1) is 17.2 Å². The molecule has 0 aliphatic carbocycles. The van der Waals surface area contributed by atoms with Gasteiger partial charge in [-0.15, -0.1) is 11.8 Å². The highest BCUT2D eigenvalue weighted by Crippen LogP contribution is 2.17. The number of hydrogen-bond acceptors (Lipinski definition) is 4. The molecule has 2 aromatic carbocycles. The number of para-hydroxylation sites is 1. The smallest absolute Gasteiger partial charge is 0.261 e. The largest absolute Gasteiger partial charge is 0.356 e. The molecular formula is C20H21N3O2S. The normalized spacial score (nSPS) is 10.8. The molecule has 0 saturated heterocycles. The van der Waals surface area contributed by atoms with E-state index in [1.165, 1.54) is 15.8 Å². The van der Waals surface area contributed by atoms with Gasteiger partial charge in [-0.2, -0.15) is 0 Å². The second-order valence-corrected chi connectivity index (χ2v) is 7.04. The number of aromatic nitrogens is 2. The summed E-state index contributed by atoms with van der Waals surface area (Å²) in [4.78, 5) is 29.8. The van der Waals surface area contributed by atoms with Crippen molar-refractivity contribution in [3.8, 4) is 0 Å². The Labute approximate surface area is 156 Å². The number of thioether (sulfide) groups is 1. The number of carbonyl (C=O) groups excluding carboxylic acids is 1. The minimum Gasteiger partial charge on any atom is -0.356 e. The van der Waals surface area contributed by atoms with Gasteiger partial charge < -0.3 is 5.32 Å². The minimum atomic E-state index is -0.109. The number of fused-ring (bicyclic) bond motifs is 1. The third-order valence-electron chi connectivity index (χ3n) is 3.97. The van der Waals surface area contributed by atoms with E-state index in [9.17, 15) is 9.59 Å². The predicted octanol–water partition coefficient (Wildman–Crippen LogP) is 3.09. The second kappa shape index (κ2) is 9.20. The van der Waals surface area contributed by atoms with Crippen molar-refractivity contribution >= 4 is 28.6 Å². The van der Waals surface area contributed by atoms with Crippen LogP contribution in [0.5, 0.6) is 0 Å². The maximum absolute atomic E-state index is 12.4. The van der Waals surface area contributed by atoms with Crippen LogP contribution < -0.4 is 10.9 Å². The molecule has 3 rings (SSSR count). The summed E-state index contributed by atoms with van der Waals surface area (Å²) in [6.07, 6.45) is 2.68. The molecule has 1 N–H and O–H groups in total. The Morgan fingerprint density at radius 2 is 1.85 bits per heavy atom. The van der Waals surface area contributed by atoms with E-state index in [1.807, 2.05) is 30.3 Å². The summed E-state index contributed by atoms with van der Waals surface area (Å²) in [6.45, 7) is 0.977. The van der Waals surface area contributed by atoms with Gasteiger partial charge in [-0.25, -0.2) is 4.98 Å². The molecule has 5 nitrogen and oxygen atoms in total. The molecule has 0 bridgehead atoms. The van der Waals surface area contributed by atoms with Crippen molar-refractivity contribution in [1.82, 2.24) is 14.9 Å². The van der Waals surface area contributed by atoms with Gasteiger partial charge in [0.2, 0.25) is 5.91 Å². The number of carbonyl (C=O) groups is 1. The number of benzene rings is 2. The van der Waals surface area contributed by atoms with Gasteiger partial charge in [0.1, 0.15) is 0 Å². The van der Waals surface area contributed by atoms with E-state index in [0.29, 0.717) is 24.0 Å². The maximum Gasteiger partial charge on any atom is 0.261 e. The molecule has 0 saturated carbocycles. The predicted molar refractivity (Wildman–Crippen MR) is 105 cm³/mol. The molecule has 0 unspecified atom stereocenters. The molecule has 1 heterocycles. The van der Waals surface area contributed by atoms with Crippen LogP contribution in [0, 0.1) is 0 Å². The standard InChI is InChI=1S/C20H21N3O2S/c24-19(21-12-6-14-26-16-7-2-1-3-8-16)11-13-23-15-22-18-10-5-4-9-17(18)20(23)25/h1-5,7-10,15H,6,11-14H2,(H,21,24). The Bertz CT molecular complexity index is 925. The minimum absolute atomic E-state index is 0.0465. The van der Waals surface area contributed by atoms with E-state index >= 15 is 0 Å². The SMILES string of the molecule is O=C(CCn1cnc2ccccc2c1=O)NCCCSc1ccccc1. The van der Waals surface area contributed by atoms with Crippen LogP contribution in [-0.4, -0.2) is 27.8 Å². The van der Waals surface area contributed by atoms with Gasteiger partial charge in [0, 0.05) is 24.4 Å². The molecule has 0 aliphatic heterocycles. The number of nitrogens with zero attached hydrogens (tertiary/aromatic N) is 2. The fraction of sp³-hybridized carbons (Fsp3) is 0.250. The summed E-state index contributed by atoms with van der Waals surface area (Å²) < 4.78 is 1.49. The van der Waals surface area contributed by atoms with E-state index in [0.717, 1.165) is 12.2 Å². The van der Waals surface area contributed by atoms with Gasteiger partial charge >= 0.3 is 0 Å². The molecule has 0 fully saturated rings. The molecule has 0 radical (unpaired) electrons. The first-order valence-electron chi connectivity index (χ1n) is 8.63. The summed E-state index contributed by atoms with van der Waals surface area (Å²) in [5, 5.41) is 3.48. The summed E-state index contributed by atoms with van der Waals surface area (Å²) in [6, 6.07) is 17.4. The van der Waals surface area contributed by atoms with Crippen LogP contribution in [0.25, 0.3) is 10.9 Å². The second-order valence-electron chi connectivity index (χ2n) is 5.88. The molecule has 1 aromatic heterocycles. The van der Waals surface area contributed by atoms with Crippen LogP contribution in [-0.2, 0) is 11.3 Å². The molecule has 0 atom stereocenters. The Hall–Kier alpha value is -2.60. The fourth-order valence-electron chi connectivity index (χ4n) is 2.58. The Kier molecular flexibility index (Phi) is 6.44. The van der Waals surface area contributed by atoms with Crippen LogP contribution in [0.2, 0.25) is 0 Å². The third-order valence-corrected chi connectivity index (χ3v) is 5.06. The number of amides is 1. The van der Waals surface area contributed by atoms with E-state index < -0.39 is 0 Å². The van der Waals surface area contributed by atoms with Crippen molar-refractivity contribution in [2.75, 3.05) is 12.3 Å². The lowest BCUT2D eigenvalue weighted by Gasteiger charge is -2.08. The lowest BCUT2D eigenvalue weighted by Crippen LogP contribution is -2.28. The van der Waals surface area contributed by atoms with E-state index in [-0.39, 0.29) is 17.9 Å². The number of rotatable bonds is 8. The zero-order valence-corrected chi connectivity index (χ0v) is 15.2. The molecule has 0 aliphatic rings. The number of aryl methyl sites for hydroxylation is 1. The van der Waals surface area contributed by atoms with E-state index in [2.05, 4.69) is 22.4 Å². The van der Waals surface area contributed by atoms with Crippen LogP contribution >= 0.6 is 11.8 Å². The first kappa shape index (κ1) is 18.2. The molecule has 1 amide bonds. The fourth-order valence-corrected chi connectivity index (χ4v) is 3.46. The van der Waals surface area contributed by atoms with E-state index in [4.69, 9.17) is 0 Å². The Morgan fingerprint density at radius 1 is 1.08 bits per heavy atom. The van der Waals surface area contributed by atoms with Crippen molar-refractivity contribution < 1.29 is 4.79 Å². The van der Waals surface area contributed by atoms with E-state index in [1.54, 1.807) is 23.9 Å². The molecule has 26 heavy (non-hydrogen) atoms. The summed E-state index contributed by atoms with van der Waals surface area (Å²) in [5.74, 6) is 0.910. The van der Waals surface area contributed by atoms with Crippen molar-refractivity contribution in [1.29, 1.82) is 0 Å². The van der Waals surface area contributed by atoms with Gasteiger partial charge in [-0.05, 0) is 36.4 Å². The van der Waals surface area contributed by atoms with Gasteiger partial charge in [-0.1, -0.05) is 30.3 Å². The van der Waals surface area contributed by atoms with Gasteiger partial charge in [0.25, 0.3) is 5.56 Å². The Balaban J connectivity index is 1.40. The highest BCUT2D eigenvalue weighted by atomic mass is 32.2. The molecular weight excluding hydrogens is 346 g/mol. The third kappa shape index (κ3) is 4.95. The molecule has 134 valence electrons. The van der Waals surface area contributed by atoms with Gasteiger partial charge in [0.15, 0.2) is 0 Å². The topological polar surface area (TPSA) is 64.0 Å². The summed E-state index contributed by atoms with van der Waals surface area (Å²) >= 11 is 1.78. The van der Waals surface area contributed by atoms with Crippen molar-refractivity contribution in [2.45, 2.75) is 24.3 Å². The Morgan fingerprint density at radius 3 is 2.69 bits per heavy atom. The van der Waals surface area contributed by atoms with Gasteiger partial charge in [-0.3, -0.25) is 14.2 Å². The van der Waals surface area contributed by atoms with Crippen molar-refractivity contribution in [3.63, 3.8) is 0 Å². The van der Waals surface area contributed by atoms with Crippen LogP contribution in [0.3, 0.4) is 0 Å². The molecule has 6 heteroatoms. The lowest BCUT2D eigenvalue weighted by molar-refractivity contribution is -0.121. The number of hydrogen-bond donors (Lipinski definition) is 1. The van der Waals surface area contributed by atoms with Crippen LogP contribution in [0.15, 0.2) is 70.6 Å². The zero-order chi connectivity index (χ0) is 18.2. The molecule has 3 aromatic rings. The molecule has 0 spiro atoms. The number of nitrogens with one attached hydrogen (secondary N) is 1. The van der Waals surface area contributed by atoms with Crippen LogP contribution in [0.1, 0.15) is 12.8 Å². The summed E-state index contributed by atoms with van der Waals surface area (Å²) in [5.41, 5.74) is 0.566. The lowest BCUT2D eigenvalue weighted by atomic mass is 10.2. The zero-order valence-electron chi connectivity index (χ0n) is 14.4. The monoisotopic (exact) mass is 367 g/mol. The maximum atomic E-state index is 12.4. The first-order valence-corrected chi connectivity index (χ1v) is 9.61. The van der Waals surface area contributed by atoms with Crippen molar-refractivity contribution in [2.24, 2.45) is 0 Å². The average Bonchev–Trinajstić information content (AvgIpc) is 2.68. The van der Waals surface area contributed by atoms with Crippen molar-refractivity contribution in [3.05, 3.63) is 71.3 Å². The highest BCUT2D eigenvalue weighted by Gasteiger charge is 2.06. The highest BCUT2D eigenvalue weighted by molar-refractivity contribution is 7.99. The summed E-state index contributed by atoms with van der Waals surface area (Å²) in [7, 11) is 0.